The number of hydrogen-bond donors (Lipinski definition) is 4. The highest BCUT2D eigenvalue weighted by molar-refractivity contribution is 6.09. The quantitative estimate of drug-likeness (QED) is 0.171. The van der Waals surface area contributed by atoms with Crippen molar-refractivity contribution in [2.75, 3.05) is 20.8 Å². The van der Waals surface area contributed by atoms with Crippen LogP contribution in [0.25, 0.3) is 5.57 Å². The summed E-state index contributed by atoms with van der Waals surface area (Å²) < 4.78 is 17.7. The minimum atomic E-state index is -0.751. The lowest BCUT2D eigenvalue weighted by atomic mass is 9.95. The minimum Gasteiger partial charge on any atom is -0.492 e. The van der Waals surface area contributed by atoms with Gasteiger partial charge in [0.1, 0.15) is 0 Å². The lowest BCUT2D eigenvalue weighted by Gasteiger charge is -2.20. The zero-order valence-corrected chi connectivity index (χ0v) is 19.5. The molecule has 0 radical (unpaired) electrons. The van der Waals surface area contributed by atoms with E-state index < -0.39 is 5.97 Å². The van der Waals surface area contributed by atoms with Crippen molar-refractivity contribution in [2.24, 2.45) is 10.8 Å². The van der Waals surface area contributed by atoms with E-state index in [9.17, 15) is 4.79 Å². The van der Waals surface area contributed by atoms with E-state index in [1.807, 2.05) is 6.07 Å². The fraction of sp³-hybridized carbons (Fsp3) is 0.542. The van der Waals surface area contributed by atoms with Crippen molar-refractivity contribution in [3.63, 3.8) is 0 Å². The van der Waals surface area contributed by atoms with Gasteiger partial charge >= 0.3 is 5.97 Å². The molecule has 5 N–H and O–H groups in total. The number of rotatable bonds is 11. The van der Waals surface area contributed by atoms with Gasteiger partial charge in [0.15, 0.2) is 11.5 Å². The number of carboxylic acids is 1. The molecular formula is C24H34N4O5. The number of nitrogens with zero attached hydrogens (tertiary/aromatic N) is 1. The highest BCUT2D eigenvalue weighted by Gasteiger charge is 2.31. The molecule has 0 aromatic heterocycles. The number of aryl methyl sites for hydroxylation is 1. The number of methoxy groups -OCH3 is 2. The maximum atomic E-state index is 10.6. The van der Waals surface area contributed by atoms with E-state index in [4.69, 9.17) is 30.5 Å². The molecule has 0 unspecified atom stereocenters. The fourth-order valence-electron chi connectivity index (χ4n) is 4.60. The van der Waals surface area contributed by atoms with Gasteiger partial charge in [0, 0.05) is 12.0 Å². The number of guanidine groups is 1. The second-order valence-corrected chi connectivity index (χ2v) is 8.28. The molecule has 0 spiro atoms. The molecular weight excluding hydrogens is 424 g/mol. The molecule has 2 aliphatic rings. The number of nitrogens with one attached hydrogen (secondary N) is 2. The van der Waals surface area contributed by atoms with E-state index in [0.29, 0.717) is 30.3 Å². The molecule has 0 fully saturated rings. The number of ether oxygens (including phenoxy) is 3. The van der Waals surface area contributed by atoms with Gasteiger partial charge in [-0.3, -0.25) is 10.2 Å². The van der Waals surface area contributed by atoms with Gasteiger partial charge in [-0.25, -0.2) is 5.43 Å². The van der Waals surface area contributed by atoms with E-state index in [1.54, 1.807) is 14.2 Å². The topological polar surface area (TPSA) is 139 Å². The van der Waals surface area contributed by atoms with Crippen LogP contribution in [0.2, 0.25) is 0 Å². The first kappa shape index (κ1) is 24.4. The number of carboxylic acid groups (broad SMARTS) is 1. The summed E-state index contributed by atoms with van der Waals surface area (Å²) in [5.74, 6) is 0.993. The zero-order chi connectivity index (χ0) is 23.8. The SMILES string of the molecule is COc1c(OCCCCCCC(=O)O)cc2c(c1OC)C1=C(CCC1)C(=NNC(=N)N)CC2. The fourth-order valence-corrected chi connectivity index (χ4v) is 4.60. The maximum Gasteiger partial charge on any atom is 0.303 e. The van der Waals surface area contributed by atoms with Crippen LogP contribution in [0.15, 0.2) is 16.7 Å². The Morgan fingerprint density at radius 1 is 1.09 bits per heavy atom. The molecule has 0 saturated carbocycles. The number of fused-ring (bicyclic) bond motifs is 2. The number of allylic oxidation sites excluding steroid dienone is 2. The third-order valence-corrected chi connectivity index (χ3v) is 6.04. The summed E-state index contributed by atoms with van der Waals surface area (Å²) >= 11 is 0. The Morgan fingerprint density at radius 3 is 2.52 bits per heavy atom. The summed E-state index contributed by atoms with van der Waals surface area (Å²) in [4.78, 5) is 10.6. The van der Waals surface area contributed by atoms with Crippen LogP contribution in [0.5, 0.6) is 17.2 Å². The first-order chi connectivity index (χ1) is 16.0. The summed E-state index contributed by atoms with van der Waals surface area (Å²) in [7, 11) is 3.27. The van der Waals surface area contributed by atoms with E-state index in [-0.39, 0.29) is 12.4 Å². The molecule has 0 atom stereocenters. The summed E-state index contributed by atoms with van der Waals surface area (Å²) in [5, 5.41) is 20.6. The van der Waals surface area contributed by atoms with Gasteiger partial charge in [-0.05, 0) is 67.7 Å². The molecule has 33 heavy (non-hydrogen) atoms. The highest BCUT2D eigenvalue weighted by atomic mass is 16.5. The van der Waals surface area contributed by atoms with Crippen LogP contribution >= 0.6 is 0 Å². The third-order valence-electron chi connectivity index (χ3n) is 6.04. The largest absolute Gasteiger partial charge is 0.492 e. The second-order valence-electron chi connectivity index (χ2n) is 8.28. The summed E-state index contributed by atoms with van der Waals surface area (Å²) in [5.41, 5.74) is 13.6. The summed E-state index contributed by atoms with van der Waals surface area (Å²) in [6.07, 6.45) is 7.89. The number of nitrogens with two attached hydrogens (primary N) is 1. The van der Waals surface area contributed by atoms with Crippen molar-refractivity contribution >= 4 is 23.2 Å². The lowest BCUT2D eigenvalue weighted by Crippen LogP contribution is -2.27. The average Bonchev–Trinajstić information content (AvgIpc) is 3.21. The molecule has 2 aliphatic carbocycles. The number of carbonyl (C=O) groups is 1. The van der Waals surface area contributed by atoms with E-state index in [1.165, 1.54) is 11.1 Å². The predicted octanol–water partition coefficient (Wildman–Crippen LogP) is 3.84. The van der Waals surface area contributed by atoms with Crippen molar-refractivity contribution in [1.82, 2.24) is 5.43 Å². The normalized spacial score (nSPS) is 16.1. The van der Waals surface area contributed by atoms with Gasteiger partial charge < -0.3 is 25.1 Å². The Balaban J connectivity index is 1.83. The van der Waals surface area contributed by atoms with Crippen molar-refractivity contribution in [1.29, 1.82) is 5.41 Å². The van der Waals surface area contributed by atoms with Crippen LogP contribution in [0, 0.1) is 5.41 Å². The monoisotopic (exact) mass is 458 g/mol. The first-order valence-corrected chi connectivity index (χ1v) is 11.5. The lowest BCUT2D eigenvalue weighted by molar-refractivity contribution is -0.137. The molecule has 3 rings (SSSR count). The molecule has 1 aromatic rings. The van der Waals surface area contributed by atoms with Gasteiger partial charge in [-0.2, -0.15) is 5.10 Å². The zero-order valence-electron chi connectivity index (χ0n) is 19.5. The number of hydrogen-bond acceptors (Lipinski definition) is 6. The number of unbranched alkanes of at least 4 members (excludes halogenated alkanes) is 3. The van der Waals surface area contributed by atoms with E-state index >= 15 is 0 Å². The number of benzene rings is 1. The molecule has 9 heteroatoms. The standard InChI is InChI=1S/C24H34N4O5/c1-31-22-19(33-13-6-4-3-5-10-20(29)30)14-15-11-12-18(27-28-24(25)26)16-8-7-9-17(16)21(15)23(22)32-2/h14H,3-13H2,1-2H3,(H,29,30)(H4,25,26,28). The molecule has 1 aromatic carbocycles. The molecule has 0 heterocycles. The Hall–Kier alpha value is -3.23. The Morgan fingerprint density at radius 2 is 1.82 bits per heavy atom. The molecule has 0 bridgehead atoms. The van der Waals surface area contributed by atoms with Crippen LogP contribution in [0.3, 0.4) is 0 Å². The van der Waals surface area contributed by atoms with Gasteiger partial charge in [0.25, 0.3) is 0 Å². The second kappa shape index (κ2) is 11.6. The van der Waals surface area contributed by atoms with E-state index in [2.05, 4.69) is 10.5 Å². The van der Waals surface area contributed by atoms with Gasteiger partial charge in [0.05, 0.1) is 26.5 Å². The van der Waals surface area contributed by atoms with Gasteiger partial charge in [-0.15, -0.1) is 0 Å². The molecule has 180 valence electrons. The Labute approximate surface area is 194 Å². The van der Waals surface area contributed by atoms with Crippen molar-refractivity contribution < 1.29 is 24.1 Å². The average molecular weight is 459 g/mol. The number of aliphatic carboxylic acids is 1. The van der Waals surface area contributed by atoms with Crippen molar-refractivity contribution in [3.05, 3.63) is 22.8 Å². The highest BCUT2D eigenvalue weighted by Crippen LogP contribution is 2.50. The van der Waals surface area contributed by atoms with E-state index in [0.717, 1.165) is 68.2 Å². The van der Waals surface area contributed by atoms with Gasteiger partial charge in [0.2, 0.25) is 11.7 Å². The van der Waals surface area contributed by atoms with Crippen LogP contribution in [-0.4, -0.2) is 43.6 Å². The molecule has 9 nitrogen and oxygen atoms in total. The summed E-state index contributed by atoms with van der Waals surface area (Å²) in [6, 6.07) is 2.05. The smallest absolute Gasteiger partial charge is 0.303 e. The summed E-state index contributed by atoms with van der Waals surface area (Å²) in [6.45, 7) is 0.522. The maximum absolute atomic E-state index is 10.6. The Kier molecular flexibility index (Phi) is 8.57. The van der Waals surface area contributed by atoms with Crippen LogP contribution < -0.4 is 25.4 Å². The molecule has 0 aliphatic heterocycles. The third kappa shape index (κ3) is 5.97. The van der Waals surface area contributed by atoms with Crippen LogP contribution in [-0.2, 0) is 11.2 Å². The minimum absolute atomic E-state index is 0.178. The predicted molar refractivity (Wildman–Crippen MR) is 127 cm³/mol. The van der Waals surface area contributed by atoms with Gasteiger partial charge in [-0.1, -0.05) is 12.8 Å². The molecule has 0 saturated heterocycles. The first-order valence-electron chi connectivity index (χ1n) is 11.5. The van der Waals surface area contributed by atoms with Crippen molar-refractivity contribution in [2.45, 2.75) is 64.2 Å². The van der Waals surface area contributed by atoms with Crippen LogP contribution in [0.1, 0.15) is 68.9 Å². The Bertz CT molecular complexity index is 955. The molecule has 0 amide bonds. The number of hydrazone groups is 1. The van der Waals surface area contributed by atoms with Crippen molar-refractivity contribution in [3.8, 4) is 17.2 Å². The van der Waals surface area contributed by atoms with Crippen LogP contribution in [0.4, 0.5) is 0 Å².